The molecule has 3 heteroatoms. The first-order valence-electron chi connectivity index (χ1n) is 6.39. The summed E-state index contributed by atoms with van der Waals surface area (Å²) in [4.78, 5) is 0. The molecule has 0 atom stereocenters. The smallest absolute Gasteiger partial charge is 0.207 e. The molecule has 0 aliphatic carbocycles. The minimum Gasteiger partial charge on any atom is -0.348 e. The SMILES string of the molecule is COC(CC#N)(OC)c1ccc(-c2ccccc2)cc1. The van der Waals surface area contributed by atoms with Crippen LogP contribution in [0.2, 0.25) is 0 Å². The number of rotatable bonds is 5. The van der Waals surface area contributed by atoms with Crippen molar-refractivity contribution in [3.05, 3.63) is 60.2 Å². The molecule has 0 saturated heterocycles. The molecule has 0 aromatic heterocycles. The fourth-order valence-corrected chi connectivity index (χ4v) is 2.22. The van der Waals surface area contributed by atoms with E-state index in [-0.39, 0.29) is 6.42 Å². The lowest BCUT2D eigenvalue weighted by atomic mass is 9.98. The Bertz CT molecular complexity index is 581. The zero-order chi connectivity index (χ0) is 14.4. The maximum absolute atomic E-state index is 8.95. The van der Waals surface area contributed by atoms with Gasteiger partial charge < -0.3 is 9.47 Å². The first-order chi connectivity index (χ1) is 9.75. The second kappa shape index (κ2) is 6.33. The van der Waals surface area contributed by atoms with Crippen molar-refractivity contribution in [1.29, 1.82) is 5.26 Å². The molecule has 0 radical (unpaired) electrons. The molecule has 2 aromatic carbocycles. The first kappa shape index (κ1) is 14.3. The van der Waals surface area contributed by atoms with E-state index in [2.05, 4.69) is 18.2 Å². The number of ether oxygens (including phenoxy) is 2. The Morgan fingerprint density at radius 3 is 1.95 bits per heavy atom. The van der Waals surface area contributed by atoms with Crippen LogP contribution in [0.5, 0.6) is 0 Å². The third kappa shape index (κ3) is 2.72. The van der Waals surface area contributed by atoms with Crippen molar-refractivity contribution < 1.29 is 9.47 Å². The summed E-state index contributed by atoms with van der Waals surface area (Å²) in [5.41, 5.74) is 3.11. The van der Waals surface area contributed by atoms with Crippen molar-refractivity contribution in [2.45, 2.75) is 12.2 Å². The minimum absolute atomic E-state index is 0.144. The Hall–Kier alpha value is -2.15. The molecule has 0 spiro atoms. The predicted molar refractivity (Wildman–Crippen MR) is 77.8 cm³/mol. The van der Waals surface area contributed by atoms with Crippen LogP contribution in [0, 0.1) is 11.3 Å². The lowest BCUT2D eigenvalue weighted by Crippen LogP contribution is -2.30. The fraction of sp³-hybridized carbons (Fsp3) is 0.235. The first-order valence-corrected chi connectivity index (χ1v) is 6.39. The van der Waals surface area contributed by atoms with Crippen molar-refractivity contribution in [2.24, 2.45) is 0 Å². The highest BCUT2D eigenvalue weighted by Crippen LogP contribution is 2.31. The Morgan fingerprint density at radius 2 is 1.45 bits per heavy atom. The molecule has 0 aliphatic heterocycles. The monoisotopic (exact) mass is 267 g/mol. The van der Waals surface area contributed by atoms with Gasteiger partial charge in [-0.25, -0.2) is 0 Å². The molecule has 0 saturated carbocycles. The van der Waals surface area contributed by atoms with E-state index in [1.807, 2.05) is 42.5 Å². The van der Waals surface area contributed by atoms with E-state index >= 15 is 0 Å². The quantitative estimate of drug-likeness (QED) is 0.775. The van der Waals surface area contributed by atoms with Crippen LogP contribution >= 0.6 is 0 Å². The van der Waals surface area contributed by atoms with Gasteiger partial charge in [-0.05, 0) is 11.1 Å². The predicted octanol–water partition coefficient (Wildman–Crippen LogP) is 3.71. The number of nitrogens with zero attached hydrogens (tertiary/aromatic N) is 1. The van der Waals surface area contributed by atoms with Gasteiger partial charge in [-0.1, -0.05) is 54.6 Å². The average Bonchev–Trinajstić information content (AvgIpc) is 2.54. The Morgan fingerprint density at radius 1 is 0.900 bits per heavy atom. The topological polar surface area (TPSA) is 42.2 Å². The third-order valence-corrected chi connectivity index (χ3v) is 3.40. The van der Waals surface area contributed by atoms with Crippen LogP contribution in [0.25, 0.3) is 11.1 Å². The van der Waals surface area contributed by atoms with E-state index < -0.39 is 5.79 Å². The summed E-state index contributed by atoms with van der Waals surface area (Å²) in [6.07, 6.45) is 0.144. The second-order valence-electron chi connectivity index (χ2n) is 4.44. The summed E-state index contributed by atoms with van der Waals surface area (Å²) in [6, 6.07) is 20.1. The van der Waals surface area contributed by atoms with Crippen LogP contribution in [-0.2, 0) is 15.3 Å². The maximum atomic E-state index is 8.95. The van der Waals surface area contributed by atoms with Gasteiger partial charge >= 0.3 is 0 Å². The van der Waals surface area contributed by atoms with Crippen molar-refractivity contribution in [2.75, 3.05) is 14.2 Å². The van der Waals surface area contributed by atoms with Gasteiger partial charge in [-0.2, -0.15) is 5.26 Å². The standard InChI is InChI=1S/C17H17NO2/c1-19-17(20-2,12-13-18)16-10-8-15(9-11-16)14-6-4-3-5-7-14/h3-11H,12H2,1-2H3. The highest BCUT2D eigenvalue weighted by Gasteiger charge is 2.31. The summed E-state index contributed by atoms with van der Waals surface area (Å²) in [5.74, 6) is -0.996. The molecule has 0 fully saturated rings. The fourth-order valence-electron chi connectivity index (χ4n) is 2.22. The van der Waals surface area contributed by atoms with E-state index in [9.17, 15) is 0 Å². The molecule has 0 aliphatic rings. The second-order valence-corrected chi connectivity index (χ2v) is 4.44. The minimum atomic E-state index is -0.996. The summed E-state index contributed by atoms with van der Waals surface area (Å²) >= 11 is 0. The van der Waals surface area contributed by atoms with Gasteiger partial charge in [0.05, 0.1) is 12.5 Å². The number of benzene rings is 2. The van der Waals surface area contributed by atoms with Crippen molar-refractivity contribution in [3.63, 3.8) is 0 Å². The summed E-state index contributed by atoms with van der Waals surface area (Å²) < 4.78 is 10.8. The van der Waals surface area contributed by atoms with Gasteiger partial charge in [0.2, 0.25) is 5.79 Å². The molecular formula is C17H17NO2. The van der Waals surface area contributed by atoms with Gasteiger partial charge in [0.1, 0.15) is 0 Å². The van der Waals surface area contributed by atoms with Crippen LogP contribution in [0.3, 0.4) is 0 Å². The highest BCUT2D eigenvalue weighted by atomic mass is 16.7. The zero-order valence-corrected chi connectivity index (χ0v) is 11.7. The Labute approximate surface area is 119 Å². The molecule has 0 unspecified atom stereocenters. The van der Waals surface area contributed by atoms with Gasteiger partial charge in [-0.15, -0.1) is 0 Å². The van der Waals surface area contributed by atoms with E-state index in [4.69, 9.17) is 14.7 Å². The summed E-state index contributed by atoms with van der Waals surface area (Å²) in [6.45, 7) is 0. The molecule has 0 heterocycles. The van der Waals surface area contributed by atoms with Crippen molar-refractivity contribution in [3.8, 4) is 17.2 Å². The molecule has 20 heavy (non-hydrogen) atoms. The molecule has 0 amide bonds. The van der Waals surface area contributed by atoms with E-state index in [0.29, 0.717) is 0 Å². The van der Waals surface area contributed by atoms with E-state index in [1.165, 1.54) is 0 Å². The number of hydrogen-bond acceptors (Lipinski definition) is 3. The molecule has 102 valence electrons. The number of nitriles is 1. The normalized spacial score (nSPS) is 11.1. The van der Waals surface area contributed by atoms with Crippen LogP contribution in [0.15, 0.2) is 54.6 Å². The average molecular weight is 267 g/mol. The highest BCUT2D eigenvalue weighted by molar-refractivity contribution is 5.63. The lowest BCUT2D eigenvalue weighted by molar-refractivity contribution is -0.212. The van der Waals surface area contributed by atoms with Crippen molar-refractivity contribution >= 4 is 0 Å². The summed E-state index contributed by atoms with van der Waals surface area (Å²) in [5, 5.41) is 8.95. The maximum Gasteiger partial charge on any atom is 0.207 e. The third-order valence-electron chi connectivity index (χ3n) is 3.40. The molecule has 2 rings (SSSR count). The molecule has 0 N–H and O–H groups in total. The zero-order valence-electron chi connectivity index (χ0n) is 11.7. The molecule has 0 bridgehead atoms. The van der Waals surface area contributed by atoms with E-state index in [1.54, 1.807) is 14.2 Å². The Balaban J connectivity index is 2.34. The van der Waals surface area contributed by atoms with Gasteiger partial charge in [0, 0.05) is 19.8 Å². The van der Waals surface area contributed by atoms with Crippen molar-refractivity contribution in [1.82, 2.24) is 0 Å². The number of hydrogen-bond donors (Lipinski definition) is 0. The van der Waals surface area contributed by atoms with Crippen LogP contribution < -0.4 is 0 Å². The molecular weight excluding hydrogens is 250 g/mol. The Kier molecular flexibility index (Phi) is 4.52. The van der Waals surface area contributed by atoms with Gasteiger partial charge in [0.15, 0.2) is 0 Å². The van der Waals surface area contributed by atoms with Crippen LogP contribution in [-0.4, -0.2) is 14.2 Å². The lowest BCUT2D eigenvalue weighted by Gasteiger charge is -2.29. The van der Waals surface area contributed by atoms with Gasteiger partial charge in [-0.3, -0.25) is 0 Å². The summed E-state index contributed by atoms with van der Waals surface area (Å²) in [7, 11) is 3.10. The van der Waals surface area contributed by atoms with Crippen LogP contribution in [0.4, 0.5) is 0 Å². The molecule has 2 aromatic rings. The van der Waals surface area contributed by atoms with Gasteiger partial charge in [0.25, 0.3) is 0 Å². The van der Waals surface area contributed by atoms with E-state index in [0.717, 1.165) is 16.7 Å². The largest absolute Gasteiger partial charge is 0.348 e. The number of methoxy groups -OCH3 is 2. The molecule has 3 nitrogen and oxygen atoms in total. The van der Waals surface area contributed by atoms with Crippen LogP contribution in [0.1, 0.15) is 12.0 Å².